The van der Waals surface area contributed by atoms with Crippen LogP contribution in [-0.4, -0.2) is 29.8 Å². The second kappa shape index (κ2) is 8.47. The molecule has 0 spiro atoms. The zero-order valence-electron chi connectivity index (χ0n) is 17.5. The lowest BCUT2D eigenvalue weighted by Gasteiger charge is -2.16. The number of fused-ring (bicyclic) bond motifs is 1. The fourth-order valence-electron chi connectivity index (χ4n) is 3.40. The van der Waals surface area contributed by atoms with Gasteiger partial charge >= 0.3 is 5.97 Å². The maximum Gasteiger partial charge on any atom is 0.338 e. The Morgan fingerprint density at radius 1 is 0.844 bits per heavy atom. The Kier molecular flexibility index (Phi) is 5.55. The van der Waals surface area contributed by atoms with Gasteiger partial charge in [0.05, 0.1) is 22.4 Å². The van der Waals surface area contributed by atoms with Gasteiger partial charge in [0.15, 0.2) is 6.10 Å². The van der Waals surface area contributed by atoms with Gasteiger partial charge in [0.25, 0.3) is 17.7 Å². The van der Waals surface area contributed by atoms with Crippen LogP contribution in [0, 0.1) is 6.92 Å². The quantitative estimate of drug-likeness (QED) is 0.490. The molecule has 3 aromatic rings. The summed E-state index contributed by atoms with van der Waals surface area (Å²) in [6.07, 6.45) is -1.02. The smallest absolute Gasteiger partial charge is 0.338 e. The molecule has 0 radical (unpaired) electrons. The number of anilines is 2. The van der Waals surface area contributed by atoms with E-state index in [9.17, 15) is 19.2 Å². The molecule has 0 aromatic heterocycles. The van der Waals surface area contributed by atoms with Crippen LogP contribution in [0.4, 0.5) is 11.4 Å². The average Bonchev–Trinajstić information content (AvgIpc) is 3.05. The Labute approximate surface area is 184 Å². The molecule has 1 N–H and O–H groups in total. The first-order valence-electron chi connectivity index (χ1n) is 10.0. The van der Waals surface area contributed by atoms with E-state index in [-0.39, 0.29) is 5.56 Å². The highest BCUT2D eigenvalue weighted by Gasteiger charge is 2.36. The fraction of sp³-hybridized carbons (Fsp3) is 0.120. The van der Waals surface area contributed by atoms with Crippen molar-refractivity contribution < 1.29 is 23.9 Å². The zero-order chi connectivity index (χ0) is 22.8. The minimum Gasteiger partial charge on any atom is -0.449 e. The second-order valence-electron chi connectivity index (χ2n) is 7.39. The number of hydrogen-bond donors (Lipinski definition) is 1. The van der Waals surface area contributed by atoms with Gasteiger partial charge in [-0.1, -0.05) is 30.3 Å². The molecule has 1 unspecified atom stereocenters. The first-order valence-corrected chi connectivity index (χ1v) is 10.0. The summed E-state index contributed by atoms with van der Waals surface area (Å²) in [5.41, 5.74) is 2.76. The Morgan fingerprint density at radius 2 is 1.41 bits per heavy atom. The number of ether oxygens (including phenoxy) is 1. The summed E-state index contributed by atoms with van der Waals surface area (Å²) in [4.78, 5) is 51.1. The highest BCUT2D eigenvalue weighted by molar-refractivity contribution is 6.34. The van der Waals surface area contributed by atoms with Gasteiger partial charge in [-0.2, -0.15) is 0 Å². The molecule has 160 valence electrons. The number of carbonyl (C=O) groups excluding carboxylic acids is 4. The molecular formula is C25H20N2O5. The third-order valence-corrected chi connectivity index (χ3v) is 5.21. The Bertz CT molecular complexity index is 1200. The van der Waals surface area contributed by atoms with Crippen LogP contribution in [0.3, 0.4) is 0 Å². The summed E-state index contributed by atoms with van der Waals surface area (Å²) in [6, 6.07) is 19.8. The summed E-state index contributed by atoms with van der Waals surface area (Å²) in [5, 5.41) is 2.73. The third kappa shape index (κ3) is 3.88. The minimum atomic E-state index is -1.02. The molecular weight excluding hydrogens is 408 g/mol. The monoisotopic (exact) mass is 428 g/mol. The van der Waals surface area contributed by atoms with Crippen molar-refractivity contribution in [2.45, 2.75) is 20.0 Å². The van der Waals surface area contributed by atoms with Crippen LogP contribution in [0.15, 0.2) is 72.8 Å². The standard InChI is InChI=1S/C25H20N2O5/c1-15-7-3-6-10-21(15)26-22(28)16(2)32-25(31)17-11-13-18(14-12-17)27-23(29)19-8-4-5-9-20(19)24(27)30/h3-14,16H,1-2H3,(H,26,28). The molecule has 4 rings (SSSR count). The number of benzene rings is 3. The van der Waals surface area contributed by atoms with Crippen molar-refractivity contribution in [3.8, 4) is 0 Å². The lowest BCUT2D eigenvalue weighted by Crippen LogP contribution is -2.30. The number of imide groups is 1. The molecule has 7 nitrogen and oxygen atoms in total. The van der Waals surface area contributed by atoms with Gasteiger partial charge in [-0.3, -0.25) is 14.4 Å². The molecule has 0 aliphatic carbocycles. The largest absolute Gasteiger partial charge is 0.449 e. The maximum atomic E-state index is 12.6. The molecule has 32 heavy (non-hydrogen) atoms. The summed E-state index contributed by atoms with van der Waals surface area (Å²) < 4.78 is 5.27. The van der Waals surface area contributed by atoms with Crippen LogP contribution in [-0.2, 0) is 9.53 Å². The van der Waals surface area contributed by atoms with E-state index in [4.69, 9.17) is 4.74 Å². The van der Waals surface area contributed by atoms with Crippen LogP contribution >= 0.6 is 0 Å². The first-order chi connectivity index (χ1) is 15.4. The molecule has 1 aliphatic heterocycles. The molecule has 0 bridgehead atoms. The highest BCUT2D eigenvalue weighted by atomic mass is 16.5. The number of nitrogens with one attached hydrogen (secondary N) is 1. The molecule has 0 fully saturated rings. The number of hydrogen-bond acceptors (Lipinski definition) is 5. The zero-order valence-corrected chi connectivity index (χ0v) is 17.5. The predicted octanol–water partition coefficient (Wildman–Crippen LogP) is 3.98. The van der Waals surface area contributed by atoms with Gasteiger partial charge in [-0.15, -0.1) is 0 Å². The lowest BCUT2D eigenvalue weighted by molar-refractivity contribution is -0.123. The van der Waals surface area contributed by atoms with Crippen LogP contribution < -0.4 is 10.2 Å². The van der Waals surface area contributed by atoms with E-state index >= 15 is 0 Å². The SMILES string of the molecule is Cc1ccccc1NC(=O)C(C)OC(=O)c1ccc(N2C(=O)c3ccccc3C2=O)cc1. The van der Waals surface area contributed by atoms with Gasteiger partial charge in [0.2, 0.25) is 0 Å². The van der Waals surface area contributed by atoms with Crippen molar-refractivity contribution in [2.75, 3.05) is 10.2 Å². The molecule has 0 saturated heterocycles. The van der Waals surface area contributed by atoms with Crippen LogP contribution in [0.1, 0.15) is 43.6 Å². The van der Waals surface area contributed by atoms with Crippen molar-refractivity contribution in [1.29, 1.82) is 0 Å². The van der Waals surface area contributed by atoms with Crippen molar-refractivity contribution >= 4 is 35.1 Å². The fourth-order valence-corrected chi connectivity index (χ4v) is 3.40. The normalized spacial score (nSPS) is 13.5. The lowest BCUT2D eigenvalue weighted by atomic mass is 10.1. The summed E-state index contributed by atoms with van der Waals surface area (Å²) in [5.74, 6) is -1.97. The molecule has 0 saturated carbocycles. The average molecular weight is 428 g/mol. The predicted molar refractivity (Wildman–Crippen MR) is 119 cm³/mol. The molecule has 1 aliphatic rings. The number of rotatable bonds is 5. The van der Waals surface area contributed by atoms with E-state index in [0.717, 1.165) is 10.5 Å². The number of carbonyl (C=O) groups is 4. The Hall–Kier alpha value is -4.26. The van der Waals surface area contributed by atoms with Crippen LogP contribution in [0.5, 0.6) is 0 Å². The maximum absolute atomic E-state index is 12.6. The van der Waals surface area contributed by atoms with Crippen molar-refractivity contribution in [3.63, 3.8) is 0 Å². The Morgan fingerprint density at radius 3 is 2.00 bits per heavy atom. The van der Waals surface area contributed by atoms with E-state index in [1.54, 1.807) is 36.4 Å². The minimum absolute atomic E-state index is 0.195. The number of amides is 3. The number of aryl methyl sites for hydroxylation is 1. The third-order valence-electron chi connectivity index (χ3n) is 5.21. The van der Waals surface area contributed by atoms with Crippen LogP contribution in [0.25, 0.3) is 0 Å². The van der Waals surface area contributed by atoms with Gasteiger partial charge in [0, 0.05) is 5.69 Å². The molecule has 7 heteroatoms. The molecule has 1 atom stereocenters. The van der Waals surface area contributed by atoms with E-state index in [0.29, 0.717) is 22.5 Å². The van der Waals surface area contributed by atoms with Gasteiger partial charge < -0.3 is 10.1 Å². The van der Waals surface area contributed by atoms with Crippen molar-refractivity contribution in [3.05, 3.63) is 95.1 Å². The van der Waals surface area contributed by atoms with Crippen molar-refractivity contribution in [2.24, 2.45) is 0 Å². The second-order valence-corrected chi connectivity index (χ2v) is 7.39. The van der Waals surface area contributed by atoms with Gasteiger partial charge in [-0.25, -0.2) is 9.69 Å². The van der Waals surface area contributed by atoms with Crippen LogP contribution in [0.2, 0.25) is 0 Å². The van der Waals surface area contributed by atoms with E-state index < -0.39 is 29.8 Å². The molecule has 3 amide bonds. The number of para-hydroxylation sites is 1. The summed E-state index contributed by atoms with van der Waals surface area (Å²) >= 11 is 0. The van der Waals surface area contributed by atoms with E-state index in [1.807, 2.05) is 19.1 Å². The van der Waals surface area contributed by atoms with Crippen molar-refractivity contribution in [1.82, 2.24) is 0 Å². The Balaban J connectivity index is 1.43. The highest BCUT2D eigenvalue weighted by Crippen LogP contribution is 2.28. The number of esters is 1. The first kappa shape index (κ1) is 21.0. The van der Waals surface area contributed by atoms with Gasteiger partial charge in [0.1, 0.15) is 0 Å². The van der Waals surface area contributed by atoms with E-state index in [2.05, 4.69) is 5.32 Å². The van der Waals surface area contributed by atoms with Gasteiger partial charge in [-0.05, 0) is 61.9 Å². The van der Waals surface area contributed by atoms with E-state index in [1.165, 1.54) is 31.2 Å². The topological polar surface area (TPSA) is 92.8 Å². The number of nitrogens with zero attached hydrogens (tertiary/aromatic N) is 1. The summed E-state index contributed by atoms with van der Waals surface area (Å²) in [6.45, 7) is 3.35. The molecule has 1 heterocycles. The molecule has 3 aromatic carbocycles. The summed E-state index contributed by atoms with van der Waals surface area (Å²) in [7, 11) is 0.